The highest BCUT2D eigenvalue weighted by Gasteiger charge is 2.30. The predicted molar refractivity (Wildman–Crippen MR) is 88.0 cm³/mol. The lowest BCUT2D eigenvalue weighted by molar-refractivity contribution is -0.137. The average Bonchev–Trinajstić information content (AvgIpc) is 2.59. The van der Waals surface area contributed by atoms with E-state index in [4.69, 9.17) is 0 Å². The maximum Gasteiger partial charge on any atom is 0.416 e. The zero-order valence-electron chi connectivity index (χ0n) is 14.2. The third-order valence-corrected chi connectivity index (χ3v) is 4.40. The second-order valence-corrected chi connectivity index (χ2v) is 6.31. The molecule has 1 aromatic rings. The first-order valence-electron chi connectivity index (χ1n) is 8.57. The summed E-state index contributed by atoms with van der Waals surface area (Å²) in [5.41, 5.74) is -0.572. The Bertz CT molecular complexity index is 591. The van der Waals surface area contributed by atoms with E-state index in [-0.39, 0.29) is 23.4 Å². The maximum atomic E-state index is 12.5. The van der Waals surface area contributed by atoms with Gasteiger partial charge in [0.15, 0.2) is 0 Å². The van der Waals surface area contributed by atoms with E-state index in [0.29, 0.717) is 32.4 Å². The van der Waals surface area contributed by atoms with Gasteiger partial charge >= 0.3 is 6.18 Å². The minimum absolute atomic E-state index is 0.0648. The number of piperidine rings is 1. The molecule has 1 aliphatic rings. The maximum absolute atomic E-state index is 12.5. The van der Waals surface area contributed by atoms with Gasteiger partial charge in [-0.2, -0.15) is 13.2 Å². The van der Waals surface area contributed by atoms with E-state index in [1.165, 1.54) is 12.1 Å². The van der Waals surface area contributed by atoms with Crippen LogP contribution in [0.2, 0.25) is 0 Å². The standard InChI is InChI=1S/C18H23F3N2O2/c1-2-3-4-16(24)23-11-9-15(10-12-23)22-17(25)13-5-7-14(8-6-13)18(19,20)21/h5-8,15H,2-4,9-12H2,1H3,(H,22,25). The van der Waals surface area contributed by atoms with Crippen LogP contribution in [0.3, 0.4) is 0 Å². The molecule has 0 aliphatic carbocycles. The Morgan fingerprint density at radius 2 is 1.76 bits per heavy atom. The van der Waals surface area contributed by atoms with Crippen molar-refractivity contribution in [1.29, 1.82) is 0 Å². The molecule has 0 saturated carbocycles. The lowest BCUT2D eigenvalue weighted by atomic mass is 10.0. The summed E-state index contributed by atoms with van der Waals surface area (Å²) < 4.78 is 37.6. The minimum atomic E-state index is -4.41. The van der Waals surface area contributed by atoms with E-state index < -0.39 is 11.7 Å². The van der Waals surface area contributed by atoms with Crippen LogP contribution < -0.4 is 5.32 Å². The summed E-state index contributed by atoms with van der Waals surface area (Å²) in [4.78, 5) is 25.9. The van der Waals surface area contributed by atoms with E-state index in [2.05, 4.69) is 5.32 Å². The van der Waals surface area contributed by atoms with Gasteiger partial charge in [-0.15, -0.1) is 0 Å². The zero-order valence-corrected chi connectivity index (χ0v) is 14.2. The Kier molecular flexibility index (Phi) is 6.45. The molecule has 1 heterocycles. The summed E-state index contributed by atoms with van der Waals surface area (Å²) >= 11 is 0. The van der Waals surface area contributed by atoms with Crippen LogP contribution in [0.1, 0.15) is 54.9 Å². The lowest BCUT2D eigenvalue weighted by Gasteiger charge is -2.32. The fourth-order valence-electron chi connectivity index (χ4n) is 2.84. The molecule has 0 aromatic heterocycles. The second kappa shape index (κ2) is 8.36. The third kappa shape index (κ3) is 5.47. The fourth-order valence-corrected chi connectivity index (χ4v) is 2.84. The molecule has 0 spiro atoms. The Morgan fingerprint density at radius 3 is 2.28 bits per heavy atom. The van der Waals surface area contributed by atoms with Gasteiger partial charge in [-0.05, 0) is 43.5 Å². The molecule has 25 heavy (non-hydrogen) atoms. The first kappa shape index (κ1) is 19.3. The van der Waals surface area contributed by atoms with Crippen LogP contribution in [0, 0.1) is 0 Å². The Morgan fingerprint density at radius 1 is 1.16 bits per heavy atom. The van der Waals surface area contributed by atoms with Gasteiger partial charge in [0.25, 0.3) is 5.91 Å². The highest BCUT2D eigenvalue weighted by atomic mass is 19.4. The number of hydrogen-bond acceptors (Lipinski definition) is 2. The number of carbonyl (C=O) groups excluding carboxylic acids is 2. The topological polar surface area (TPSA) is 49.4 Å². The normalized spacial score (nSPS) is 15.9. The van der Waals surface area contributed by atoms with Crippen molar-refractivity contribution >= 4 is 11.8 Å². The van der Waals surface area contributed by atoms with Crippen molar-refractivity contribution in [2.24, 2.45) is 0 Å². The Balaban J connectivity index is 1.83. The van der Waals surface area contributed by atoms with Crippen molar-refractivity contribution in [2.75, 3.05) is 13.1 Å². The Labute approximate surface area is 145 Å². The van der Waals surface area contributed by atoms with E-state index in [9.17, 15) is 22.8 Å². The number of nitrogens with one attached hydrogen (secondary N) is 1. The van der Waals surface area contributed by atoms with Gasteiger partial charge in [-0.25, -0.2) is 0 Å². The summed E-state index contributed by atoms with van der Waals surface area (Å²) in [6.45, 7) is 3.23. The van der Waals surface area contributed by atoms with Gasteiger partial charge in [-0.1, -0.05) is 13.3 Å². The first-order valence-corrected chi connectivity index (χ1v) is 8.57. The van der Waals surface area contributed by atoms with Crippen molar-refractivity contribution in [3.8, 4) is 0 Å². The van der Waals surface area contributed by atoms with Gasteiger partial charge in [0.05, 0.1) is 5.56 Å². The van der Waals surface area contributed by atoms with E-state index in [1.54, 1.807) is 0 Å². The third-order valence-electron chi connectivity index (χ3n) is 4.40. The number of alkyl halides is 3. The van der Waals surface area contributed by atoms with Crippen LogP contribution in [-0.4, -0.2) is 35.8 Å². The number of halogens is 3. The second-order valence-electron chi connectivity index (χ2n) is 6.31. The van der Waals surface area contributed by atoms with Crippen LogP contribution in [0.5, 0.6) is 0 Å². The van der Waals surface area contributed by atoms with Crippen LogP contribution in [0.25, 0.3) is 0 Å². The van der Waals surface area contributed by atoms with Crippen molar-refractivity contribution in [3.05, 3.63) is 35.4 Å². The smallest absolute Gasteiger partial charge is 0.349 e. The zero-order chi connectivity index (χ0) is 18.4. The molecule has 1 N–H and O–H groups in total. The highest BCUT2D eigenvalue weighted by molar-refractivity contribution is 5.94. The molecule has 1 aliphatic heterocycles. The molecule has 0 atom stereocenters. The number of rotatable bonds is 5. The molecular weight excluding hydrogens is 333 g/mol. The largest absolute Gasteiger partial charge is 0.416 e. The SMILES string of the molecule is CCCCC(=O)N1CCC(NC(=O)c2ccc(C(F)(F)F)cc2)CC1. The highest BCUT2D eigenvalue weighted by Crippen LogP contribution is 2.29. The summed E-state index contributed by atoms with van der Waals surface area (Å²) in [6.07, 6.45) is -0.686. The van der Waals surface area contributed by atoms with Crippen LogP contribution >= 0.6 is 0 Å². The van der Waals surface area contributed by atoms with Crippen molar-refractivity contribution < 1.29 is 22.8 Å². The molecule has 2 rings (SSSR count). The van der Waals surface area contributed by atoms with Crippen LogP contribution in [0.15, 0.2) is 24.3 Å². The molecular formula is C18H23F3N2O2. The molecule has 0 unspecified atom stereocenters. The predicted octanol–water partition coefficient (Wildman–Crippen LogP) is 3.62. The van der Waals surface area contributed by atoms with Gasteiger partial charge in [0.2, 0.25) is 5.91 Å². The van der Waals surface area contributed by atoms with Gasteiger partial charge in [-0.3, -0.25) is 9.59 Å². The number of nitrogens with zero attached hydrogens (tertiary/aromatic N) is 1. The average molecular weight is 356 g/mol. The van der Waals surface area contributed by atoms with E-state index in [1.807, 2.05) is 11.8 Å². The molecule has 1 fully saturated rings. The van der Waals surface area contributed by atoms with E-state index in [0.717, 1.165) is 25.0 Å². The molecule has 0 radical (unpaired) electrons. The lowest BCUT2D eigenvalue weighted by Crippen LogP contribution is -2.46. The van der Waals surface area contributed by atoms with Crippen LogP contribution in [0.4, 0.5) is 13.2 Å². The quantitative estimate of drug-likeness (QED) is 0.876. The number of benzene rings is 1. The molecule has 1 aromatic carbocycles. The number of likely N-dealkylation sites (tertiary alicyclic amines) is 1. The van der Waals surface area contributed by atoms with Crippen molar-refractivity contribution in [2.45, 2.75) is 51.2 Å². The molecule has 0 bridgehead atoms. The molecule has 4 nitrogen and oxygen atoms in total. The summed E-state index contributed by atoms with van der Waals surface area (Å²) in [6, 6.07) is 4.11. The molecule has 1 saturated heterocycles. The number of carbonyl (C=O) groups is 2. The number of hydrogen-bond donors (Lipinski definition) is 1. The van der Waals surface area contributed by atoms with Gasteiger partial charge in [0, 0.05) is 31.1 Å². The molecule has 138 valence electrons. The molecule has 2 amide bonds. The van der Waals surface area contributed by atoms with E-state index >= 15 is 0 Å². The van der Waals surface area contributed by atoms with Gasteiger partial charge < -0.3 is 10.2 Å². The van der Waals surface area contributed by atoms with Crippen LogP contribution in [-0.2, 0) is 11.0 Å². The van der Waals surface area contributed by atoms with Crippen molar-refractivity contribution in [3.63, 3.8) is 0 Å². The summed E-state index contributed by atoms with van der Waals surface area (Å²) in [5, 5.41) is 2.84. The summed E-state index contributed by atoms with van der Waals surface area (Å²) in [5.74, 6) is -0.237. The summed E-state index contributed by atoms with van der Waals surface area (Å²) in [7, 11) is 0. The minimum Gasteiger partial charge on any atom is -0.349 e. The fraction of sp³-hybridized carbons (Fsp3) is 0.556. The molecule has 7 heteroatoms. The monoisotopic (exact) mass is 356 g/mol. The van der Waals surface area contributed by atoms with Gasteiger partial charge in [0.1, 0.15) is 0 Å². The Hall–Kier alpha value is -2.05. The van der Waals surface area contributed by atoms with Crippen molar-refractivity contribution in [1.82, 2.24) is 10.2 Å². The number of amides is 2. The number of unbranched alkanes of at least 4 members (excludes halogenated alkanes) is 1. The first-order chi connectivity index (χ1) is 11.8.